The first-order chi connectivity index (χ1) is 2.27. The largest absolute Gasteiger partial charge is 1.00 e. The minimum atomic E-state index is -0.116. The molecular formula is C4H11KO. The number of hydrogen-bond acceptors (Lipinski definition) is 1. The molecule has 0 aromatic rings. The van der Waals surface area contributed by atoms with Crippen molar-refractivity contribution in [1.82, 2.24) is 0 Å². The molecule has 1 nitrogen and oxygen atoms in total. The Hall–Kier alpha value is 1.60. The van der Waals surface area contributed by atoms with Crippen LogP contribution in [0.2, 0.25) is 0 Å². The van der Waals surface area contributed by atoms with Crippen LogP contribution < -0.4 is 51.4 Å². The maximum atomic E-state index is 8.36. The molecule has 0 spiro atoms. The molecule has 0 amide bonds. The van der Waals surface area contributed by atoms with Crippen molar-refractivity contribution in [3.8, 4) is 0 Å². The Labute approximate surface area is 83.0 Å². The predicted octanol–water partition coefficient (Wildman–Crippen LogP) is -2.11. The van der Waals surface area contributed by atoms with E-state index >= 15 is 0 Å². The SMILES string of the molecule is CCC(C)O.[H-].[K+]. The Bertz CT molecular complexity index is 25.7. The zero-order valence-electron chi connectivity index (χ0n) is 5.73. The quantitative estimate of drug-likeness (QED) is 0.387. The van der Waals surface area contributed by atoms with Gasteiger partial charge in [-0.05, 0) is 13.3 Å². The second kappa shape index (κ2) is 6.60. The molecular weight excluding hydrogens is 103 g/mol. The molecule has 1 unspecified atom stereocenters. The van der Waals surface area contributed by atoms with Gasteiger partial charge in [-0.3, -0.25) is 0 Å². The van der Waals surface area contributed by atoms with Gasteiger partial charge in [0.25, 0.3) is 0 Å². The molecule has 0 aliphatic rings. The van der Waals surface area contributed by atoms with Crippen LogP contribution in [0, 0.1) is 0 Å². The van der Waals surface area contributed by atoms with Crippen LogP contribution in [0.3, 0.4) is 0 Å². The monoisotopic (exact) mass is 114 g/mol. The Morgan fingerprint density at radius 2 is 2.00 bits per heavy atom. The number of rotatable bonds is 1. The molecule has 2 heteroatoms. The summed E-state index contributed by atoms with van der Waals surface area (Å²) in [6.45, 7) is 3.73. The van der Waals surface area contributed by atoms with Crippen LogP contribution in [0.25, 0.3) is 0 Å². The number of aliphatic hydroxyl groups is 1. The summed E-state index contributed by atoms with van der Waals surface area (Å²) in [6, 6.07) is 0. The molecule has 0 saturated carbocycles. The summed E-state index contributed by atoms with van der Waals surface area (Å²) in [5, 5.41) is 8.36. The van der Waals surface area contributed by atoms with Gasteiger partial charge in [-0.15, -0.1) is 0 Å². The average Bonchev–Trinajstić information content (AvgIpc) is 1.38. The van der Waals surface area contributed by atoms with E-state index in [9.17, 15) is 0 Å². The van der Waals surface area contributed by atoms with Crippen molar-refractivity contribution in [2.75, 3.05) is 0 Å². The van der Waals surface area contributed by atoms with Crippen LogP contribution in [0.5, 0.6) is 0 Å². The van der Waals surface area contributed by atoms with Crippen LogP contribution in [0.4, 0.5) is 0 Å². The van der Waals surface area contributed by atoms with E-state index in [1.807, 2.05) is 6.92 Å². The van der Waals surface area contributed by atoms with Crippen molar-refractivity contribution < 1.29 is 57.9 Å². The van der Waals surface area contributed by atoms with Crippen LogP contribution >= 0.6 is 0 Å². The summed E-state index contributed by atoms with van der Waals surface area (Å²) < 4.78 is 0. The number of hydrogen-bond donors (Lipinski definition) is 1. The third-order valence-electron chi connectivity index (χ3n) is 0.591. The Kier molecular flexibility index (Phi) is 11.6. The van der Waals surface area contributed by atoms with Gasteiger partial charge in [0.15, 0.2) is 0 Å². The summed E-state index contributed by atoms with van der Waals surface area (Å²) in [6.07, 6.45) is 0.745. The first kappa shape index (κ1) is 10.6. The fourth-order valence-corrected chi connectivity index (χ4v) is 0. The normalized spacial score (nSPS) is 12.5. The van der Waals surface area contributed by atoms with Crippen molar-refractivity contribution in [2.45, 2.75) is 26.4 Å². The second-order valence-corrected chi connectivity index (χ2v) is 1.26. The van der Waals surface area contributed by atoms with Crippen molar-refractivity contribution in [1.29, 1.82) is 0 Å². The van der Waals surface area contributed by atoms with Crippen LogP contribution in [0.15, 0.2) is 0 Å². The van der Waals surface area contributed by atoms with Crippen molar-refractivity contribution >= 4 is 0 Å². The van der Waals surface area contributed by atoms with E-state index in [-0.39, 0.29) is 58.9 Å². The van der Waals surface area contributed by atoms with Gasteiger partial charge in [0.1, 0.15) is 0 Å². The molecule has 6 heavy (non-hydrogen) atoms. The van der Waals surface area contributed by atoms with Gasteiger partial charge < -0.3 is 6.53 Å². The van der Waals surface area contributed by atoms with E-state index in [4.69, 9.17) is 5.11 Å². The molecule has 0 heterocycles. The van der Waals surface area contributed by atoms with Gasteiger partial charge >= 0.3 is 51.4 Å². The Morgan fingerprint density at radius 1 is 1.83 bits per heavy atom. The molecule has 0 aliphatic carbocycles. The summed E-state index contributed by atoms with van der Waals surface area (Å²) in [5.74, 6) is 0. The molecule has 0 aromatic carbocycles. The standard InChI is InChI=1S/C4H10O.K.H/c1-3-4(2)5;;/h4-5H,3H2,1-2H3;;/q;+1;-1. The smallest absolute Gasteiger partial charge is 1.00 e. The Balaban J connectivity index is -0.0000000800. The molecule has 0 aliphatic heterocycles. The maximum Gasteiger partial charge on any atom is 1.00 e. The third kappa shape index (κ3) is 9.14. The first-order valence-corrected chi connectivity index (χ1v) is 1.95. The van der Waals surface area contributed by atoms with Gasteiger partial charge in [-0.25, -0.2) is 0 Å². The molecule has 0 rings (SSSR count). The zero-order valence-corrected chi connectivity index (χ0v) is 7.85. The van der Waals surface area contributed by atoms with Gasteiger partial charge in [0.05, 0.1) is 6.10 Å². The summed E-state index contributed by atoms with van der Waals surface area (Å²) in [5.41, 5.74) is 0. The zero-order chi connectivity index (χ0) is 4.28. The van der Waals surface area contributed by atoms with E-state index in [1.54, 1.807) is 6.92 Å². The fourth-order valence-electron chi connectivity index (χ4n) is 0. The van der Waals surface area contributed by atoms with E-state index in [0.717, 1.165) is 6.42 Å². The average molecular weight is 114 g/mol. The summed E-state index contributed by atoms with van der Waals surface area (Å²) >= 11 is 0. The third-order valence-corrected chi connectivity index (χ3v) is 0.591. The maximum absolute atomic E-state index is 8.36. The van der Waals surface area contributed by atoms with Gasteiger partial charge in [-0.1, -0.05) is 6.92 Å². The van der Waals surface area contributed by atoms with Crippen LogP contribution in [0.1, 0.15) is 21.7 Å². The molecule has 0 aromatic heterocycles. The molecule has 0 saturated heterocycles. The molecule has 0 radical (unpaired) electrons. The molecule has 0 fully saturated rings. The van der Waals surface area contributed by atoms with Gasteiger partial charge in [0.2, 0.25) is 0 Å². The van der Waals surface area contributed by atoms with Crippen molar-refractivity contribution in [2.24, 2.45) is 0 Å². The van der Waals surface area contributed by atoms with E-state index < -0.39 is 0 Å². The fraction of sp³-hybridized carbons (Fsp3) is 1.00. The first-order valence-electron chi connectivity index (χ1n) is 1.95. The minimum Gasteiger partial charge on any atom is -1.00 e. The van der Waals surface area contributed by atoms with Gasteiger partial charge in [0, 0.05) is 0 Å². The second-order valence-electron chi connectivity index (χ2n) is 1.26. The van der Waals surface area contributed by atoms with Crippen molar-refractivity contribution in [3.05, 3.63) is 0 Å². The molecule has 34 valence electrons. The summed E-state index contributed by atoms with van der Waals surface area (Å²) in [7, 11) is 0. The summed E-state index contributed by atoms with van der Waals surface area (Å²) in [4.78, 5) is 0. The molecule has 0 bridgehead atoms. The van der Waals surface area contributed by atoms with E-state index in [2.05, 4.69) is 0 Å². The Morgan fingerprint density at radius 3 is 2.00 bits per heavy atom. The molecule has 1 N–H and O–H groups in total. The van der Waals surface area contributed by atoms with Gasteiger partial charge in [-0.2, -0.15) is 0 Å². The topological polar surface area (TPSA) is 20.2 Å². The predicted molar refractivity (Wildman–Crippen MR) is 23.1 cm³/mol. The van der Waals surface area contributed by atoms with Crippen LogP contribution in [-0.2, 0) is 0 Å². The van der Waals surface area contributed by atoms with E-state index in [0.29, 0.717) is 0 Å². The minimum absolute atomic E-state index is 0. The van der Waals surface area contributed by atoms with Crippen LogP contribution in [-0.4, -0.2) is 11.2 Å². The van der Waals surface area contributed by atoms with E-state index in [1.165, 1.54) is 0 Å². The number of aliphatic hydroxyl groups excluding tert-OH is 1. The van der Waals surface area contributed by atoms with Crippen molar-refractivity contribution in [3.63, 3.8) is 0 Å². The molecule has 1 atom stereocenters.